The molecule has 0 aromatic carbocycles. The van der Waals surface area contributed by atoms with E-state index in [1.54, 1.807) is 28.0 Å². The Morgan fingerprint density at radius 3 is 2.83 bits per heavy atom. The minimum atomic E-state index is 0.393. The molecule has 0 saturated heterocycles. The van der Waals surface area contributed by atoms with Crippen LogP contribution in [0.5, 0.6) is 0 Å². The Morgan fingerprint density at radius 2 is 2.17 bits per heavy atom. The van der Waals surface area contributed by atoms with Crippen molar-refractivity contribution in [3.8, 4) is 11.4 Å². The molecule has 0 radical (unpaired) electrons. The third kappa shape index (κ3) is 1.95. The van der Waals surface area contributed by atoms with E-state index in [-0.39, 0.29) is 0 Å². The van der Waals surface area contributed by atoms with Gasteiger partial charge in [0.15, 0.2) is 0 Å². The van der Waals surface area contributed by atoms with Crippen LogP contribution in [-0.4, -0.2) is 29.7 Å². The highest BCUT2D eigenvalue weighted by molar-refractivity contribution is 5.50. The molecule has 3 aromatic heterocycles. The van der Waals surface area contributed by atoms with Crippen LogP contribution >= 0.6 is 0 Å². The van der Waals surface area contributed by atoms with Gasteiger partial charge in [0.25, 0.3) is 0 Å². The molecular weight excluding hydrogens is 234 g/mol. The Hall–Kier alpha value is -2.64. The van der Waals surface area contributed by atoms with Crippen LogP contribution in [0.2, 0.25) is 0 Å². The highest BCUT2D eigenvalue weighted by Gasteiger charge is 2.10. The van der Waals surface area contributed by atoms with Gasteiger partial charge in [-0.2, -0.15) is 15.2 Å². The molecule has 0 saturated carbocycles. The van der Waals surface area contributed by atoms with Crippen LogP contribution in [0, 0.1) is 0 Å². The number of aromatic nitrogens is 6. The summed E-state index contributed by atoms with van der Waals surface area (Å²) in [5, 5.41) is 12.0. The maximum absolute atomic E-state index is 5.57. The number of nitrogen functional groups attached to an aromatic ring is 1. The molecule has 0 amide bonds. The van der Waals surface area contributed by atoms with Gasteiger partial charge in [0.05, 0.1) is 23.6 Å². The zero-order chi connectivity index (χ0) is 12.5. The SMILES string of the molecule is Cn1cc(-c2noc(Cn3cc(N)cn3)n2)cn1. The number of rotatable bonds is 3. The number of hydrogen-bond acceptors (Lipinski definition) is 6. The van der Waals surface area contributed by atoms with Gasteiger partial charge in [-0.25, -0.2) is 0 Å². The summed E-state index contributed by atoms with van der Waals surface area (Å²) in [7, 11) is 1.83. The van der Waals surface area contributed by atoms with E-state index in [4.69, 9.17) is 10.3 Å². The molecule has 0 atom stereocenters. The number of hydrogen-bond donors (Lipinski definition) is 1. The summed E-state index contributed by atoms with van der Waals surface area (Å²) in [6, 6.07) is 0. The summed E-state index contributed by atoms with van der Waals surface area (Å²) in [5.74, 6) is 0.982. The van der Waals surface area contributed by atoms with Gasteiger partial charge in [-0.3, -0.25) is 9.36 Å². The van der Waals surface area contributed by atoms with Gasteiger partial charge >= 0.3 is 0 Å². The maximum atomic E-state index is 5.57. The van der Waals surface area contributed by atoms with Gasteiger partial charge in [-0.15, -0.1) is 0 Å². The van der Waals surface area contributed by atoms with Crippen LogP contribution in [0.1, 0.15) is 5.89 Å². The molecule has 3 aromatic rings. The normalized spacial score (nSPS) is 10.9. The second-order valence-electron chi connectivity index (χ2n) is 3.89. The summed E-state index contributed by atoms with van der Waals surface area (Å²) in [4.78, 5) is 4.27. The molecule has 2 N–H and O–H groups in total. The van der Waals surface area contributed by atoms with E-state index in [0.717, 1.165) is 5.56 Å². The van der Waals surface area contributed by atoms with Gasteiger partial charge < -0.3 is 10.3 Å². The van der Waals surface area contributed by atoms with Crippen molar-refractivity contribution < 1.29 is 4.52 Å². The lowest BCUT2D eigenvalue weighted by molar-refractivity contribution is 0.366. The third-order valence-electron chi connectivity index (χ3n) is 2.38. The largest absolute Gasteiger partial charge is 0.396 e. The van der Waals surface area contributed by atoms with E-state index in [0.29, 0.717) is 23.9 Å². The summed E-state index contributed by atoms with van der Waals surface area (Å²) in [6.07, 6.45) is 6.77. The third-order valence-corrected chi connectivity index (χ3v) is 2.38. The number of aryl methyl sites for hydroxylation is 1. The average Bonchev–Trinajstić information content (AvgIpc) is 3.01. The van der Waals surface area contributed by atoms with Crippen LogP contribution in [0.3, 0.4) is 0 Å². The first-order valence-corrected chi connectivity index (χ1v) is 5.30. The van der Waals surface area contributed by atoms with Crippen LogP contribution in [0.25, 0.3) is 11.4 Å². The first kappa shape index (κ1) is 10.5. The Morgan fingerprint density at radius 1 is 1.28 bits per heavy atom. The molecule has 0 aliphatic heterocycles. The lowest BCUT2D eigenvalue weighted by Crippen LogP contribution is -2.00. The topological polar surface area (TPSA) is 101 Å². The van der Waals surface area contributed by atoms with E-state index >= 15 is 0 Å². The molecule has 8 nitrogen and oxygen atoms in total. The predicted octanol–water partition coefficient (Wildman–Crippen LogP) is 0.297. The standard InChI is InChI=1S/C10H11N7O/c1-16-4-7(2-12-16)10-14-9(18-15-10)6-17-5-8(11)3-13-17/h2-5H,6,11H2,1H3. The minimum absolute atomic E-state index is 0.393. The highest BCUT2D eigenvalue weighted by atomic mass is 16.5. The smallest absolute Gasteiger partial charge is 0.248 e. The van der Waals surface area contributed by atoms with Crippen molar-refractivity contribution in [1.82, 2.24) is 29.7 Å². The maximum Gasteiger partial charge on any atom is 0.248 e. The fourth-order valence-corrected chi connectivity index (χ4v) is 1.58. The second-order valence-corrected chi connectivity index (χ2v) is 3.89. The van der Waals surface area contributed by atoms with Gasteiger partial charge in [-0.05, 0) is 0 Å². The van der Waals surface area contributed by atoms with Crippen LogP contribution in [0.15, 0.2) is 29.3 Å². The van der Waals surface area contributed by atoms with Crippen LogP contribution in [-0.2, 0) is 13.6 Å². The monoisotopic (exact) mass is 245 g/mol. The number of nitrogens with two attached hydrogens (primary N) is 1. The van der Waals surface area contributed by atoms with Gasteiger partial charge in [0, 0.05) is 19.4 Å². The molecule has 0 fully saturated rings. The quantitative estimate of drug-likeness (QED) is 0.712. The van der Waals surface area contributed by atoms with Crippen molar-refractivity contribution in [3.63, 3.8) is 0 Å². The molecule has 3 heterocycles. The first-order valence-electron chi connectivity index (χ1n) is 5.30. The fraction of sp³-hybridized carbons (Fsp3) is 0.200. The summed E-state index contributed by atoms with van der Waals surface area (Å²) in [5.41, 5.74) is 6.98. The minimum Gasteiger partial charge on any atom is -0.396 e. The van der Waals surface area contributed by atoms with Crippen molar-refractivity contribution in [2.24, 2.45) is 7.05 Å². The van der Waals surface area contributed by atoms with Gasteiger partial charge in [-0.1, -0.05) is 5.16 Å². The second kappa shape index (κ2) is 3.99. The Bertz CT molecular complexity index is 665. The van der Waals surface area contributed by atoms with E-state index in [2.05, 4.69) is 20.3 Å². The number of nitrogens with zero attached hydrogens (tertiary/aromatic N) is 6. The zero-order valence-corrected chi connectivity index (χ0v) is 9.69. The van der Waals surface area contributed by atoms with Crippen molar-refractivity contribution >= 4 is 5.69 Å². The molecule has 92 valence electrons. The highest BCUT2D eigenvalue weighted by Crippen LogP contribution is 2.14. The van der Waals surface area contributed by atoms with E-state index in [1.165, 1.54) is 0 Å². The summed E-state index contributed by atoms with van der Waals surface area (Å²) >= 11 is 0. The Labute approximate surface area is 102 Å². The van der Waals surface area contributed by atoms with Crippen LogP contribution < -0.4 is 5.73 Å². The molecule has 0 unspecified atom stereocenters. The lowest BCUT2D eigenvalue weighted by atomic mass is 10.3. The van der Waals surface area contributed by atoms with Gasteiger partial charge in [0.1, 0.15) is 6.54 Å². The molecule has 0 bridgehead atoms. The molecule has 0 aliphatic rings. The van der Waals surface area contributed by atoms with Crippen molar-refractivity contribution in [2.45, 2.75) is 6.54 Å². The van der Waals surface area contributed by atoms with Crippen molar-refractivity contribution in [3.05, 3.63) is 30.7 Å². The summed E-state index contributed by atoms with van der Waals surface area (Å²) in [6.45, 7) is 0.393. The van der Waals surface area contributed by atoms with Crippen molar-refractivity contribution in [2.75, 3.05) is 5.73 Å². The van der Waals surface area contributed by atoms with Crippen LogP contribution in [0.4, 0.5) is 5.69 Å². The Kier molecular flexibility index (Phi) is 2.33. The van der Waals surface area contributed by atoms with Gasteiger partial charge in [0.2, 0.25) is 11.7 Å². The van der Waals surface area contributed by atoms with Crippen molar-refractivity contribution in [1.29, 1.82) is 0 Å². The van der Waals surface area contributed by atoms with E-state index in [1.807, 2.05) is 13.2 Å². The fourth-order valence-electron chi connectivity index (χ4n) is 1.58. The van der Waals surface area contributed by atoms with E-state index < -0.39 is 0 Å². The first-order chi connectivity index (χ1) is 8.70. The molecular formula is C10H11N7O. The molecule has 18 heavy (non-hydrogen) atoms. The zero-order valence-electron chi connectivity index (χ0n) is 9.69. The van der Waals surface area contributed by atoms with E-state index in [9.17, 15) is 0 Å². The molecule has 0 aliphatic carbocycles. The number of anilines is 1. The molecule has 8 heteroatoms. The average molecular weight is 245 g/mol. The Balaban J connectivity index is 1.81. The lowest BCUT2D eigenvalue weighted by Gasteiger charge is -1.93. The molecule has 0 spiro atoms. The predicted molar refractivity (Wildman–Crippen MR) is 62.2 cm³/mol. The molecule has 3 rings (SSSR count). The summed E-state index contributed by atoms with van der Waals surface area (Å²) < 4.78 is 8.46.